The van der Waals surface area contributed by atoms with E-state index in [1.54, 1.807) is 4.68 Å². The number of benzene rings is 1. The topological polar surface area (TPSA) is 38.0 Å². The van der Waals surface area contributed by atoms with Crippen LogP contribution in [0.1, 0.15) is 43.4 Å². The first-order chi connectivity index (χ1) is 10.2. The van der Waals surface area contributed by atoms with Crippen LogP contribution >= 0.6 is 0 Å². The fourth-order valence-corrected chi connectivity index (χ4v) is 3.73. The Hall–Kier alpha value is -1.61. The van der Waals surface area contributed by atoms with Crippen LogP contribution in [0.5, 0.6) is 0 Å². The largest absolute Gasteiger partial charge is 0.392 e. The summed E-state index contributed by atoms with van der Waals surface area (Å²) in [7, 11) is 1.92. The van der Waals surface area contributed by atoms with E-state index in [2.05, 4.69) is 29.4 Å². The van der Waals surface area contributed by atoms with Gasteiger partial charge >= 0.3 is 0 Å². The normalized spacial score (nSPS) is 19.3. The minimum absolute atomic E-state index is 0.100. The summed E-state index contributed by atoms with van der Waals surface area (Å²) in [5, 5.41) is 15.4. The van der Waals surface area contributed by atoms with Gasteiger partial charge in [0.2, 0.25) is 0 Å². The SMILES string of the molecule is Cn1ccc(CC(O)C2(c3ccccc3)CCCCC2)n1. The van der Waals surface area contributed by atoms with Gasteiger partial charge in [-0.1, -0.05) is 49.6 Å². The monoisotopic (exact) mass is 284 g/mol. The molecule has 1 unspecified atom stereocenters. The third-order valence-electron chi connectivity index (χ3n) is 4.90. The van der Waals surface area contributed by atoms with E-state index in [-0.39, 0.29) is 11.5 Å². The molecular formula is C18H24N2O. The molecular weight excluding hydrogens is 260 g/mol. The van der Waals surface area contributed by atoms with Gasteiger partial charge in [-0.15, -0.1) is 0 Å². The average molecular weight is 284 g/mol. The standard InChI is InChI=1S/C18H24N2O/c1-20-13-10-16(19-20)14-17(21)18(11-6-3-7-12-18)15-8-4-2-5-9-15/h2,4-5,8-10,13,17,21H,3,6-7,11-12,14H2,1H3. The maximum absolute atomic E-state index is 11.0. The number of hydrogen-bond acceptors (Lipinski definition) is 2. The maximum Gasteiger partial charge on any atom is 0.0692 e. The molecule has 112 valence electrons. The van der Waals surface area contributed by atoms with Crippen molar-refractivity contribution in [3.8, 4) is 0 Å². The molecule has 0 bridgehead atoms. The van der Waals surface area contributed by atoms with Gasteiger partial charge in [-0.25, -0.2) is 0 Å². The number of nitrogens with zero attached hydrogens (tertiary/aromatic N) is 2. The number of rotatable bonds is 4. The molecule has 1 aliphatic carbocycles. The summed E-state index contributed by atoms with van der Waals surface area (Å²) in [6.45, 7) is 0. The van der Waals surface area contributed by atoms with Gasteiger partial charge in [-0.05, 0) is 24.5 Å². The Morgan fingerprint density at radius 2 is 1.86 bits per heavy atom. The molecule has 21 heavy (non-hydrogen) atoms. The number of aromatic nitrogens is 2. The van der Waals surface area contributed by atoms with Crippen molar-refractivity contribution in [1.29, 1.82) is 0 Å². The summed E-state index contributed by atoms with van der Waals surface area (Å²) in [5.74, 6) is 0. The predicted molar refractivity (Wildman–Crippen MR) is 84.1 cm³/mol. The van der Waals surface area contributed by atoms with E-state index < -0.39 is 0 Å². The molecule has 1 heterocycles. The molecule has 0 aliphatic heterocycles. The Labute approximate surface area is 126 Å². The molecule has 1 saturated carbocycles. The highest BCUT2D eigenvalue weighted by atomic mass is 16.3. The Kier molecular flexibility index (Phi) is 4.11. The summed E-state index contributed by atoms with van der Waals surface area (Å²) in [6, 6.07) is 12.6. The molecule has 1 aromatic heterocycles. The molecule has 0 amide bonds. The van der Waals surface area contributed by atoms with E-state index in [4.69, 9.17) is 0 Å². The van der Waals surface area contributed by atoms with Gasteiger partial charge in [-0.3, -0.25) is 4.68 Å². The van der Waals surface area contributed by atoms with Crippen LogP contribution in [0.15, 0.2) is 42.6 Å². The second kappa shape index (κ2) is 6.02. The Morgan fingerprint density at radius 3 is 2.48 bits per heavy atom. The summed E-state index contributed by atoms with van der Waals surface area (Å²) in [5.41, 5.74) is 2.16. The van der Waals surface area contributed by atoms with Crippen molar-refractivity contribution in [3.63, 3.8) is 0 Å². The highest BCUT2D eigenvalue weighted by molar-refractivity contribution is 5.28. The molecule has 2 aromatic rings. The van der Waals surface area contributed by atoms with Gasteiger partial charge in [0.15, 0.2) is 0 Å². The van der Waals surface area contributed by atoms with Gasteiger partial charge in [0.05, 0.1) is 11.8 Å². The molecule has 0 spiro atoms. The van der Waals surface area contributed by atoms with Crippen molar-refractivity contribution in [2.45, 2.75) is 50.0 Å². The molecule has 3 heteroatoms. The van der Waals surface area contributed by atoms with Crippen LogP contribution in [-0.4, -0.2) is 21.0 Å². The van der Waals surface area contributed by atoms with Crippen molar-refractivity contribution < 1.29 is 5.11 Å². The molecule has 0 saturated heterocycles. The molecule has 1 N–H and O–H groups in total. The minimum atomic E-state index is -0.366. The third-order valence-corrected chi connectivity index (χ3v) is 4.90. The number of aliphatic hydroxyl groups excluding tert-OH is 1. The van der Waals surface area contributed by atoms with E-state index >= 15 is 0 Å². The van der Waals surface area contributed by atoms with Crippen molar-refractivity contribution in [1.82, 2.24) is 9.78 Å². The van der Waals surface area contributed by atoms with Crippen LogP contribution in [0, 0.1) is 0 Å². The summed E-state index contributed by atoms with van der Waals surface area (Å²) in [6.07, 6.45) is 8.05. The van der Waals surface area contributed by atoms with E-state index in [1.807, 2.05) is 25.4 Å². The second-order valence-electron chi connectivity index (χ2n) is 6.28. The highest BCUT2D eigenvalue weighted by Gasteiger charge is 2.40. The number of aryl methyl sites for hydroxylation is 1. The van der Waals surface area contributed by atoms with Crippen molar-refractivity contribution >= 4 is 0 Å². The van der Waals surface area contributed by atoms with E-state index in [0.717, 1.165) is 18.5 Å². The lowest BCUT2D eigenvalue weighted by molar-refractivity contribution is 0.0531. The van der Waals surface area contributed by atoms with E-state index in [0.29, 0.717) is 6.42 Å². The zero-order valence-electron chi connectivity index (χ0n) is 12.7. The van der Waals surface area contributed by atoms with Crippen molar-refractivity contribution in [3.05, 3.63) is 53.9 Å². The fourth-order valence-electron chi connectivity index (χ4n) is 3.73. The summed E-state index contributed by atoms with van der Waals surface area (Å²) >= 11 is 0. The molecule has 0 radical (unpaired) electrons. The maximum atomic E-state index is 11.0. The number of hydrogen-bond donors (Lipinski definition) is 1. The molecule has 3 nitrogen and oxygen atoms in total. The molecule has 1 aromatic carbocycles. The van der Waals surface area contributed by atoms with Crippen molar-refractivity contribution in [2.24, 2.45) is 7.05 Å². The van der Waals surface area contributed by atoms with Crippen LogP contribution < -0.4 is 0 Å². The molecule has 1 atom stereocenters. The highest BCUT2D eigenvalue weighted by Crippen LogP contribution is 2.43. The molecule has 1 aliphatic rings. The van der Waals surface area contributed by atoms with Gasteiger partial charge < -0.3 is 5.11 Å². The first kappa shape index (κ1) is 14.3. The fraction of sp³-hybridized carbons (Fsp3) is 0.500. The minimum Gasteiger partial charge on any atom is -0.392 e. The molecule has 1 fully saturated rings. The third kappa shape index (κ3) is 2.88. The lowest BCUT2D eigenvalue weighted by atomic mass is 9.65. The first-order valence-corrected chi connectivity index (χ1v) is 7.93. The Bertz CT molecular complexity index is 570. The smallest absolute Gasteiger partial charge is 0.0692 e. The summed E-state index contributed by atoms with van der Waals surface area (Å²) < 4.78 is 1.80. The van der Waals surface area contributed by atoms with Crippen LogP contribution in [0.2, 0.25) is 0 Å². The summed E-state index contributed by atoms with van der Waals surface area (Å²) in [4.78, 5) is 0. The zero-order chi connectivity index (χ0) is 14.7. The second-order valence-corrected chi connectivity index (χ2v) is 6.28. The van der Waals surface area contributed by atoms with E-state index in [1.165, 1.54) is 24.8 Å². The van der Waals surface area contributed by atoms with Gasteiger partial charge in [0.1, 0.15) is 0 Å². The quantitative estimate of drug-likeness (QED) is 0.936. The molecule has 3 rings (SSSR count). The predicted octanol–water partition coefficient (Wildman–Crippen LogP) is 3.23. The van der Waals surface area contributed by atoms with Gasteiger partial charge in [-0.2, -0.15) is 5.10 Å². The average Bonchev–Trinajstić information content (AvgIpc) is 2.94. The Morgan fingerprint density at radius 1 is 1.14 bits per heavy atom. The van der Waals surface area contributed by atoms with Gasteiger partial charge in [0.25, 0.3) is 0 Å². The van der Waals surface area contributed by atoms with Crippen LogP contribution in [0.3, 0.4) is 0 Å². The first-order valence-electron chi connectivity index (χ1n) is 7.93. The van der Waals surface area contributed by atoms with Gasteiger partial charge in [0, 0.05) is 25.1 Å². The van der Waals surface area contributed by atoms with Crippen LogP contribution in [-0.2, 0) is 18.9 Å². The lowest BCUT2D eigenvalue weighted by Crippen LogP contribution is -2.42. The lowest BCUT2D eigenvalue weighted by Gasteiger charge is -2.41. The zero-order valence-corrected chi connectivity index (χ0v) is 12.7. The Balaban J connectivity index is 1.88. The van der Waals surface area contributed by atoms with E-state index in [9.17, 15) is 5.11 Å². The van der Waals surface area contributed by atoms with Crippen LogP contribution in [0.25, 0.3) is 0 Å². The van der Waals surface area contributed by atoms with Crippen molar-refractivity contribution in [2.75, 3.05) is 0 Å². The number of aliphatic hydroxyl groups is 1. The van der Waals surface area contributed by atoms with Crippen LogP contribution in [0.4, 0.5) is 0 Å².